The molecular weight excluding hydrogens is 172 g/mol. The number of rotatable bonds is 2. The van der Waals surface area contributed by atoms with Gasteiger partial charge in [0.15, 0.2) is 0 Å². The van der Waals surface area contributed by atoms with E-state index in [-0.39, 0.29) is 0 Å². The number of allylic oxidation sites excluding steroid dienone is 2. The molecule has 1 rings (SSSR count). The Bertz CT molecular complexity index is 211. The molecule has 1 N–H and O–H groups in total. The van der Waals surface area contributed by atoms with Crippen molar-refractivity contribution in [1.82, 2.24) is 0 Å². The smallest absolute Gasteiger partial charge is 0.328 e. The summed E-state index contributed by atoms with van der Waals surface area (Å²) in [5.74, 6) is 1.42. The second kappa shape index (κ2) is 5.04. The molecule has 0 aromatic rings. The lowest BCUT2D eigenvalue weighted by Crippen LogP contribution is -1.97. The maximum Gasteiger partial charge on any atom is 0.328 e. The van der Waals surface area contributed by atoms with Crippen LogP contribution in [0.15, 0.2) is 23.8 Å². The van der Waals surface area contributed by atoms with Crippen LogP contribution in [0.3, 0.4) is 0 Å². The van der Waals surface area contributed by atoms with Gasteiger partial charge in [-0.05, 0) is 18.6 Å². The highest BCUT2D eigenvalue weighted by atomic mass is 32.2. The molecule has 0 aromatic heterocycles. The van der Waals surface area contributed by atoms with Gasteiger partial charge < -0.3 is 5.11 Å². The van der Waals surface area contributed by atoms with Crippen molar-refractivity contribution < 1.29 is 9.90 Å². The molecule has 1 aliphatic rings. The molecule has 0 saturated carbocycles. The molecule has 3 heteroatoms. The molecule has 0 unspecified atom stereocenters. The van der Waals surface area contributed by atoms with Crippen molar-refractivity contribution in [2.75, 3.05) is 11.5 Å². The fourth-order valence-electron chi connectivity index (χ4n) is 1.07. The van der Waals surface area contributed by atoms with Gasteiger partial charge in [-0.1, -0.05) is 17.7 Å². The van der Waals surface area contributed by atoms with Gasteiger partial charge in [0.1, 0.15) is 0 Å². The number of carbonyl (C=O) groups is 1. The zero-order valence-corrected chi connectivity index (χ0v) is 7.64. The topological polar surface area (TPSA) is 37.3 Å². The summed E-state index contributed by atoms with van der Waals surface area (Å²) in [4.78, 5) is 10.1. The Morgan fingerprint density at radius 3 is 3.00 bits per heavy atom. The summed E-state index contributed by atoms with van der Waals surface area (Å²) < 4.78 is 0. The van der Waals surface area contributed by atoms with Crippen LogP contribution < -0.4 is 0 Å². The van der Waals surface area contributed by atoms with Gasteiger partial charge in [-0.3, -0.25) is 0 Å². The van der Waals surface area contributed by atoms with Gasteiger partial charge in [0.25, 0.3) is 0 Å². The molecule has 1 aliphatic heterocycles. The van der Waals surface area contributed by atoms with Crippen LogP contribution in [0.1, 0.15) is 12.8 Å². The summed E-state index contributed by atoms with van der Waals surface area (Å²) in [5, 5.41) is 8.32. The first-order chi connectivity index (χ1) is 5.79. The van der Waals surface area contributed by atoms with Crippen molar-refractivity contribution in [2.45, 2.75) is 12.8 Å². The third-order valence-corrected chi connectivity index (χ3v) is 2.80. The molecule has 0 spiro atoms. The zero-order chi connectivity index (χ0) is 8.81. The lowest BCUT2D eigenvalue weighted by atomic mass is 10.1. The van der Waals surface area contributed by atoms with E-state index < -0.39 is 5.97 Å². The van der Waals surface area contributed by atoms with E-state index in [2.05, 4.69) is 0 Å². The van der Waals surface area contributed by atoms with Gasteiger partial charge in [0.05, 0.1) is 0 Å². The second-order valence-corrected chi connectivity index (χ2v) is 3.78. The van der Waals surface area contributed by atoms with Crippen molar-refractivity contribution in [3.05, 3.63) is 23.8 Å². The number of carboxylic acid groups (broad SMARTS) is 1. The minimum Gasteiger partial charge on any atom is -0.478 e. The van der Waals surface area contributed by atoms with E-state index in [4.69, 9.17) is 5.11 Å². The normalized spacial score (nSPS) is 21.8. The first-order valence-corrected chi connectivity index (χ1v) is 5.11. The minimum atomic E-state index is -0.879. The monoisotopic (exact) mass is 184 g/mol. The Morgan fingerprint density at radius 2 is 2.42 bits per heavy atom. The van der Waals surface area contributed by atoms with Crippen molar-refractivity contribution in [3.8, 4) is 0 Å². The summed E-state index contributed by atoms with van der Waals surface area (Å²) in [5.41, 5.74) is 1.35. The fourth-order valence-corrected chi connectivity index (χ4v) is 2.07. The molecule has 0 amide bonds. The van der Waals surface area contributed by atoms with Crippen LogP contribution in [0.25, 0.3) is 0 Å². The van der Waals surface area contributed by atoms with Gasteiger partial charge in [-0.2, -0.15) is 11.8 Å². The number of thioether (sulfide) groups is 1. The Balaban J connectivity index is 2.39. The Kier molecular flexibility index (Phi) is 3.94. The minimum absolute atomic E-state index is 0.879. The van der Waals surface area contributed by atoms with Crippen molar-refractivity contribution in [2.24, 2.45) is 0 Å². The third-order valence-electron chi connectivity index (χ3n) is 1.64. The second-order valence-electron chi connectivity index (χ2n) is 2.68. The molecule has 66 valence electrons. The highest BCUT2D eigenvalue weighted by Gasteiger charge is 2.03. The highest BCUT2D eigenvalue weighted by Crippen LogP contribution is 2.21. The average molecular weight is 184 g/mol. The van der Waals surface area contributed by atoms with E-state index in [0.717, 1.165) is 12.2 Å². The quantitative estimate of drug-likeness (QED) is 0.668. The lowest BCUT2D eigenvalue weighted by molar-refractivity contribution is -0.131. The first-order valence-electron chi connectivity index (χ1n) is 3.96. The van der Waals surface area contributed by atoms with Crippen LogP contribution in [-0.4, -0.2) is 22.6 Å². The third kappa shape index (κ3) is 3.62. The summed E-state index contributed by atoms with van der Waals surface area (Å²) in [6, 6.07) is 0. The molecule has 0 atom stereocenters. The number of hydrogen-bond donors (Lipinski definition) is 1. The predicted octanol–water partition coefficient (Wildman–Crippen LogP) is 2.08. The molecule has 0 bridgehead atoms. The zero-order valence-electron chi connectivity index (χ0n) is 6.82. The van der Waals surface area contributed by atoms with Gasteiger partial charge >= 0.3 is 5.97 Å². The largest absolute Gasteiger partial charge is 0.478 e. The van der Waals surface area contributed by atoms with Crippen molar-refractivity contribution >= 4 is 17.7 Å². The Hall–Kier alpha value is -0.700. The molecule has 0 aliphatic carbocycles. The summed E-state index contributed by atoms with van der Waals surface area (Å²) in [6.45, 7) is 0. The summed E-state index contributed by atoms with van der Waals surface area (Å²) in [7, 11) is 0. The van der Waals surface area contributed by atoms with Crippen molar-refractivity contribution in [1.29, 1.82) is 0 Å². The van der Waals surface area contributed by atoms with E-state index in [1.54, 1.807) is 6.08 Å². The van der Waals surface area contributed by atoms with Gasteiger partial charge in [-0.15, -0.1) is 0 Å². The highest BCUT2D eigenvalue weighted by molar-refractivity contribution is 7.99. The van der Waals surface area contributed by atoms with Gasteiger partial charge in [0.2, 0.25) is 0 Å². The molecule has 1 fully saturated rings. The van der Waals surface area contributed by atoms with E-state index in [0.29, 0.717) is 0 Å². The van der Waals surface area contributed by atoms with Crippen LogP contribution in [0.4, 0.5) is 0 Å². The maximum absolute atomic E-state index is 10.1. The number of hydrogen-bond acceptors (Lipinski definition) is 2. The summed E-state index contributed by atoms with van der Waals surface area (Å²) in [6.07, 6.45) is 7.05. The fraction of sp³-hybridized carbons (Fsp3) is 0.444. The molecule has 12 heavy (non-hydrogen) atoms. The van der Waals surface area contributed by atoms with E-state index in [9.17, 15) is 4.79 Å². The predicted molar refractivity (Wildman–Crippen MR) is 51.4 cm³/mol. The van der Waals surface area contributed by atoms with E-state index in [1.165, 1.54) is 23.8 Å². The average Bonchev–Trinajstić information content (AvgIpc) is 2.05. The molecular formula is C9H12O2S. The number of aliphatic carboxylic acids is 1. The molecule has 1 heterocycles. The standard InChI is InChI=1S/C9H12O2S/c10-9(11)5-1-3-8-4-2-6-12-7-8/h1,3,5H,2,4,6-7H2,(H,10,11)/b5-1+,8-3-. The molecule has 0 radical (unpaired) electrons. The number of carboxylic acids is 1. The Morgan fingerprint density at radius 1 is 1.58 bits per heavy atom. The van der Waals surface area contributed by atoms with Crippen molar-refractivity contribution in [3.63, 3.8) is 0 Å². The Labute approximate surface area is 76.4 Å². The van der Waals surface area contributed by atoms with Gasteiger partial charge in [-0.25, -0.2) is 4.79 Å². The van der Waals surface area contributed by atoms with Crippen LogP contribution >= 0.6 is 11.8 Å². The van der Waals surface area contributed by atoms with E-state index in [1.807, 2.05) is 17.8 Å². The molecule has 0 aromatic carbocycles. The van der Waals surface area contributed by atoms with Crippen LogP contribution in [0.5, 0.6) is 0 Å². The molecule has 2 nitrogen and oxygen atoms in total. The lowest BCUT2D eigenvalue weighted by Gasteiger charge is -2.11. The van der Waals surface area contributed by atoms with Crippen LogP contribution in [-0.2, 0) is 4.79 Å². The SMILES string of the molecule is O=C(O)/C=C/C=C1/CCCSC1. The first kappa shape index (κ1) is 9.39. The molecule has 1 saturated heterocycles. The van der Waals surface area contributed by atoms with Gasteiger partial charge in [0, 0.05) is 11.8 Å². The maximum atomic E-state index is 10.1. The van der Waals surface area contributed by atoms with Crippen LogP contribution in [0.2, 0.25) is 0 Å². The van der Waals surface area contributed by atoms with Crippen LogP contribution in [0, 0.1) is 0 Å². The van der Waals surface area contributed by atoms with E-state index >= 15 is 0 Å². The summed E-state index contributed by atoms with van der Waals surface area (Å²) >= 11 is 1.91.